The van der Waals surface area contributed by atoms with Crippen molar-refractivity contribution in [1.82, 2.24) is 20.0 Å². The van der Waals surface area contributed by atoms with E-state index in [0.29, 0.717) is 28.8 Å². The number of benzene rings is 2. The van der Waals surface area contributed by atoms with Crippen molar-refractivity contribution < 1.29 is 13.9 Å². The molecule has 0 aliphatic heterocycles. The summed E-state index contributed by atoms with van der Waals surface area (Å²) >= 11 is 0. The Balaban J connectivity index is 1.53. The van der Waals surface area contributed by atoms with Crippen LogP contribution in [0.2, 0.25) is 0 Å². The first kappa shape index (κ1) is 20.1. The summed E-state index contributed by atoms with van der Waals surface area (Å²) in [5, 5.41) is 10.7. The highest BCUT2D eigenvalue weighted by atomic mass is 16.5. The minimum Gasteiger partial charge on any atom is -0.497 e. The topological polar surface area (TPSA) is 121 Å². The van der Waals surface area contributed by atoms with Crippen molar-refractivity contribution in [3.8, 4) is 17.2 Å². The summed E-state index contributed by atoms with van der Waals surface area (Å²) in [4.78, 5) is 17.2. The van der Waals surface area contributed by atoms with Gasteiger partial charge in [-0.05, 0) is 38.1 Å². The van der Waals surface area contributed by atoms with Crippen molar-refractivity contribution in [2.24, 2.45) is 0 Å². The summed E-state index contributed by atoms with van der Waals surface area (Å²) in [5.74, 6) is 1.47. The third-order valence-corrected chi connectivity index (χ3v) is 4.77. The fourth-order valence-electron chi connectivity index (χ4n) is 3.11. The molecule has 0 saturated heterocycles. The van der Waals surface area contributed by atoms with Crippen LogP contribution in [0.15, 0.2) is 52.9 Å². The molecule has 2 aromatic heterocycles. The molecule has 0 saturated carbocycles. The number of oxazole rings is 1. The molecule has 0 spiro atoms. The van der Waals surface area contributed by atoms with Crippen LogP contribution in [-0.4, -0.2) is 33.0 Å². The fraction of sp³-hybridized carbons (Fsp3) is 0.182. The molecule has 0 fully saturated rings. The second-order valence-electron chi connectivity index (χ2n) is 7.06. The molecule has 0 unspecified atom stereocenters. The molecule has 31 heavy (non-hydrogen) atoms. The predicted molar refractivity (Wildman–Crippen MR) is 116 cm³/mol. The van der Waals surface area contributed by atoms with Gasteiger partial charge >= 0.3 is 0 Å². The molecule has 2 aromatic carbocycles. The number of rotatable bonds is 6. The van der Waals surface area contributed by atoms with Crippen LogP contribution in [0.25, 0.3) is 11.5 Å². The second-order valence-corrected chi connectivity index (χ2v) is 7.06. The lowest BCUT2D eigenvalue weighted by atomic mass is 10.1. The summed E-state index contributed by atoms with van der Waals surface area (Å²) in [6, 6.07) is 14.9. The van der Waals surface area contributed by atoms with E-state index >= 15 is 0 Å². The van der Waals surface area contributed by atoms with Crippen molar-refractivity contribution in [2.45, 2.75) is 20.4 Å². The number of aryl methyl sites for hydroxylation is 2. The van der Waals surface area contributed by atoms with Crippen molar-refractivity contribution in [1.29, 1.82) is 0 Å². The van der Waals surface area contributed by atoms with Crippen LogP contribution in [0.4, 0.5) is 11.5 Å². The van der Waals surface area contributed by atoms with Crippen LogP contribution >= 0.6 is 0 Å². The fourth-order valence-corrected chi connectivity index (χ4v) is 3.11. The Bertz CT molecular complexity index is 1240. The van der Waals surface area contributed by atoms with E-state index < -0.39 is 5.91 Å². The number of methoxy groups -OCH3 is 1. The van der Waals surface area contributed by atoms with Gasteiger partial charge in [0.2, 0.25) is 5.89 Å². The van der Waals surface area contributed by atoms with Gasteiger partial charge in [0.05, 0.1) is 13.7 Å². The molecule has 0 radical (unpaired) electrons. The number of amides is 1. The first-order valence-electron chi connectivity index (χ1n) is 9.62. The van der Waals surface area contributed by atoms with E-state index in [2.05, 4.69) is 20.6 Å². The Hall–Kier alpha value is -4.14. The molecule has 0 aliphatic carbocycles. The van der Waals surface area contributed by atoms with Gasteiger partial charge in [0.25, 0.3) is 5.91 Å². The average Bonchev–Trinajstić information content (AvgIpc) is 3.31. The highest BCUT2D eigenvalue weighted by Gasteiger charge is 2.20. The quantitative estimate of drug-likeness (QED) is 0.492. The zero-order valence-electron chi connectivity index (χ0n) is 17.4. The standard InChI is InChI=1S/C22H22N6O3/c1-13-6-4-7-15(10-13)22-25-18(14(2)31-22)12-28-20(23)19(26-27-28)21(29)24-16-8-5-9-17(11-16)30-3/h4-11H,12,23H2,1-3H3,(H,24,29). The first-order valence-corrected chi connectivity index (χ1v) is 9.62. The van der Waals surface area contributed by atoms with E-state index in [-0.39, 0.29) is 18.1 Å². The van der Waals surface area contributed by atoms with Crippen LogP contribution < -0.4 is 15.8 Å². The van der Waals surface area contributed by atoms with Gasteiger partial charge < -0.3 is 20.2 Å². The van der Waals surface area contributed by atoms with Crippen LogP contribution in [0.1, 0.15) is 27.5 Å². The van der Waals surface area contributed by atoms with Crippen LogP contribution in [0.3, 0.4) is 0 Å². The summed E-state index contributed by atoms with van der Waals surface area (Å²) in [6.07, 6.45) is 0. The molecule has 158 valence electrons. The highest BCUT2D eigenvalue weighted by Crippen LogP contribution is 2.24. The Morgan fingerprint density at radius 3 is 2.77 bits per heavy atom. The van der Waals surface area contributed by atoms with E-state index in [1.165, 1.54) is 4.68 Å². The molecule has 0 aliphatic rings. The molecular formula is C22H22N6O3. The SMILES string of the molecule is COc1cccc(NC(=O)c2nnn(Cc3nc(-c4cccc(C)c4)oc3C)c2N)c1. The smallest absolute Gasteiger partial charge is 0.280 e. The summed E-state index contributed by atoms with van der Waals surface area (Å²) < 4.78 is 12.4. The number of aromatic nitrogens is 4. The highest BCUT2D eigenvalue weighted by molar-refractivity contribution is 6.05. The minimum absolute atomic E-state index is 0.0304. The summed E-state index contributed by atoms with van der Waals surface area (Å²) in [6.45, 7) is 4.06. The van der Waals surface area contributed by atoms with Crippen LogP contribution in [-0.2, 0) is 6.54 Å². The van der Waals surface area contributed by atoms with Gasteiger partial charge in [0.15, 0.2) is 11.5 Å². The maximum atomic E-state index is 12.6. The third kappa shape index (κ3) is 4.25. The molecular weight excluding hydrogens is 396 g/mol. The zero-order chi connectivity index (χ0) is 22.0. The van der Waals surface area contributed by atoms with Gasteiger partial charge in [-0.25, -0.2) is 9.67 Å². The number of carbonyl (C=O) groups excluding carboxylic acids is 1. The molecule has 9 nitrogen and oxygen atoms in total. The number of ether oxygens (including phenoxy) is 1. The lowest BCUT2D eigenvalue weighted by molar-refractivity contribution is 0.102. The molecule has 2 heterocycles. The lowest BCUT2D eigenvalue weighted by Crippen LogP contribution is -2.15. The lowest BCUT2D eigenvalue weighted by Gasteiger charge is -2.06. The third-order valence-electron chi connectivity index (χ3n) is 4.77. The number of nitrogens with one attached hydrogen (secondary N) is 1. The van der Waals surface area contributed by atoms with E-state index in [0.717, 1.165) is 11.1 Å². The molecule has 9 heteroatoms. The minimum atomic E-state index is -0.464. The molecule has 0 atom stereocenters. The van der Waals surface area contributed by atoms with E-state index in [1.54, 1.807) is 31.4 Å². The maximum Gasteiger partial charge on any atom is 0.280 e. The second kappa shape index (κ2) is 8.31. The number of nitrogens with two attached hydrogens (primary N) is 1. The van der Waals surface area contributed by atoms with Gasteiger partial charge in [-0.2, -0.15) is 0 Å². The van der Waals surface area contributed by atoms with Gasteiger partial charge in [-0.3, -0.25) is 4.79 Å². The molecule has 0 bridgehead atoms. The normalized spacial score (nSPS) is 10.8. The average molecular weight is 418 g/mol. The maximum absolute atomic E-state index is 12.6. The summed E-state index contributed by atoms with van der Waals surface area (Å²) in [5.41, 5.74) is 9.40. The van der Waals surface area contributed by atoms with Crippen molar-refractivity contribution in [2.75, 3.05) is 18.2 Å². The Morgan fingerprint density at radius 2 is 2.00 bits per heavy atom. The molecule has 4 aromatic rings. The van der Waals surface area contributed by atoms with Gasteiger partial charge in [-0.1, -0.05) is 29.0 Å². The Morgan fingerprint density at radius 1 is 1.19 bits per heavy atom. The predicted octanol–water partition coefficient (Wildman–Crippen LogP) is 3.44. The number of anilines is 2. The number of hydrogen-bond donors (Lipinski definition) is 2. The van der Waals surface area contributed by atoms with Crippen LogP contribution in [0.5, 0.6) is 5.75 Å². The number of nitrogens with zero attached hydrogens (tertiary/aromatic N) is 4. The Labute approximate surface area is 178 Å². The molecule has 1 amide bonds. The van der Waals surface area contributed by atoms with E-state index in [4.69, 9.17) is 14.9 Å². The first-order chi connectivity index (χ1) is 14.9. The van der Waals surface area contributed by atoms with Gasteiger partial charge in [0.1, 0.15) is 17.2 Å². The van der Waals surface area contributed by atoms with Crippen molar-refractivity contribution >= 4 is 17.4 Å². The zero-order valence-corrected chi connectivity index (χ0v) is 17.4. The summed E-state index contributed by atoms with van der Waals surface area (Å²) in [7, 11) is 1.56. The van der Waals surface area contributed by atoms with Crippen LogP contribution in [0, 0.1) is 13.8 Å². The molecule has 3 N–H and O–H groups in total. The van der Waals surface area contributed by atoms with E-state index in [1.807, 2.05) is 38.1 Å². The van der Waals surface area contributed by atoms with Gasteiger partial charge in [-0.15, -0.1) is 5.10 Å². The van der Waals surface area contributed by atoms with Crippen molar-refractivity contribution in [3.63, 3.8) is 0 Å². The van der Waals surface area contributed by atoms with Crippen molar-refractivity contribution in [3.05, 3.63) is 71.2 Å². The monoisotopic (exact) mass is 418 g/mol. The Kier molecular flexibility index (Phi) is 5.40. The largest absolute Gasteiger partial charge is 0.497 e. The number of nitrogen functional groups attached to an aromatic ring is 1. The molecule has 4 rings (SSSR count). The van der Waals surface area contributed by atoms with Gasteiger partial charge in [0, 0.05) is 17.3 Å². The number of hydrogen-bond acceptors (Lipinski definition) is 7. The van der Waals surface area contributed by atoms with E-state index in [9.17, 15) is 4.79 Å². The number of carbonyl (C=O) groups is 1.